The molecule has 0 aliphatic rings. The molecule has 1 aromatic rings. The molecule has 0 saturated carbocycles. The molecular weight excluding hydrogens is 296 g/mol. The van der Waals surface area contributed by atoms with E-state index in [1.54, 1.807) is 40.4 Å². The summed E-state index contributed by atoms with van der Waals surface area (Å²) in [6.07, 6.45) is 5.67. The molecule has 5 heteroatoms. The number of benzene rings is 1. The summed E-state index contributed by atoms with van der Waals surface area (Å²) < 4.78 is 21.0. The van der Waals surface area contributed by atoms with Crippen LogP contribution in [0.4, 0.5) is 0 Å². The second-order valence-corrected chi connectivity index (χ2v) is 4.57. The van der Waals surface area contributed by atoms with Gasteiger partial charge in [-0.15, -0.1) is 0 Å². The lowest BCUT2D eigenvalue weighted by atomic mass is 10.0. The SMILES string of the molecule is CCOC(=O)C=CC=C(CC)c1cc(OC)cc(OC)c1OC. The number of hydrogen-bond acceptors (Lipinski definition) is 5. The molecule has 0 heterocycles. The Kier molecular flexibility index (Phi) is 7.74. The lowest BCUT2D eigenvalue weighted by Crippen LogP contribution is -1.99. The van der Waals surface area contributed by atoms with E-state index in [1.807, 2.05) is 19.1 Å². The highest BCUT2D eigenvalue weighted by Crippen LogP contribution is 2.40. The average molecular weight is 320 g/mol. The minimum Gasteiger partial charge on any atom is -0.497 e. The third-order valence-electron chi connectivity index (χ3n) is 3.23. The topological polar surface area (TPSA) is 54.0 Å². The molecule has 0 saturated heterocycles. The van der Waals surface area contributed by atoms with Gasteiger partial charge in [0.05, 0.1) is 27.9 Å². The van der Waals surface area contributed by atoms with E-state index in [2.05, 4.69) is 0 Å². The van der Waals surface area contributed by atoms with Crippen LogP contribution in [-0.4, -0.2) is 33.9 Å². The van der Waals surface area contributed by atoms with Crippen molar-refractivity contribution in [2.45, 2.75) is 20.3 Å². The maximum atomic E-state index is 11.4. The van der Waals surface area contributed by atoms with E-state index in [9.17, 15) is 4.79 Å². The standard InChI is InChI=1S/C18H24O5/c1-6-13(9-8-10-17(19)23-7-2)15-11-14(20-3)12-16(21-4)18(15)22-5/h8-12H,6-7H2,1-5H3. The van der Waals surface area contributed by atoms with Gasteiger partial charge >= 0.3 is 5.97 Å². The van der Waals surface area contributed by atoms with Crippen molar-refractivity contribution in [2.75, 3.05) is 27.9 Å². The number of methoxy groups -OCH3 is 3. The molecule has 1 rings (SSSR count). The van der Waals surface area contributed by atoms with Crippen molar-refractivity contribution >= 4 is 11.5 Å². The fraction of sp³-hybridized carbons (Fsp3) is 0.389. The molecular formula is C18H24O5. The van der Waals surface area contributed by atoms with Crippen LogP contribution in [0.2, 0.25) is 0 Å². The maximum absolute atomic E-state index is 11.4. The van der Waals surface area contributed by atoms with E-state index in [4.69, 9.17) is 18.9 Å². The minimum atomic E-state index is -0.366. The van der Waals surface area contributed by atoms with Gasteiger partial charge in [-0.1, -0.05) is 19.1 Å². The summed E-state index contributed by atoms with van der Waals surface area (Å²) >= 11 is 0. The number of ether oxygens (including phenoxy) is 4. The molecule has 0 aliphatic carbocycles. The van der Waals surface area contributed by atoms with Gasteiger partial charge in [-0.25, -0.2) is 4.79 Å². The van der Waals surface area contributed by atoms with Crippen LogP contribution >= 0.6 is 0 Å². The molecule has 0 unspecified atom stereocenters. The fourth-order valence-electron chi connectivity index (χ4n) is 2.13. The van der Waals surface area contributed by atoms with Gasteiger partial charge < -0.3 is 18.9 Å². The molecule has 23 heavy (non-hydrogen) atoms. The zero-order valence-electron chi connectivity index (χ0n) is 14.3. The van der Waals surface area contributed by atoms with Crippen molar-refractivity contribution in [3.63, 3.8) is 0 Å². The van der Waals surface area contributed by atoms with Gasteiger partial charge in [-0.05, 0) is 25.0 Å². The first-order valence-corrected chi connectivity index (χ1v) is 7.45. The Labute approximate surface area is 137 Å². The quantitative estimate of drug-likeness (QED) is 0.416. The first-order chi connectivity index (χ1) is 11.1. The first kappa shape index (κ1) is 18.6. The minimum absolute atomic E-state index is 0.356. The van der Waals surface area contributed by atoms with Crippen LogP contribution in [0, 0.1) is 0 Å². The summed E-state index contributed by atoms with van der Waals surface area (Å²) in [6.45, 7) is 4.15. The van der Waals surface area contributed by atoms with Crippen LogP contribution in [0.5, 0.6) is 17.2 Å². The Balaban J connectivity index is 3.25. The second kappa shape index (κ2) is 9.56. The van der Waals surface area contributed by atoms with Crippen LogP contribution in [0.3, 0.4) is 0 Å². The van der Waals surface area contributed by atoms with Gasteiger partial charge in [0.15, 0.2) is 11.5 Å². The molecule has 0 bridgehead atoms. The highest BCUT2D eigenvalue weighted by molar-refractivity contribution is 5.83. The molecule has 0 N–H and O–H groups in total. The summed E-state index contributed by atoms with van der Waals surface area (Å²) in [5, 5.41) is 0. The van der Waals surface area contributed by atoms with Crippen LogP contribution in [0.25, 0.3) is 5.57 Å². The van der Waals surface area contributed by atoms with Crippen molar-refractivity contribution in [1.82, 2.24) is 0 Å². The van der Waals surface area contributed by atoms with Gasteiger partial charge in [0.25, 0.3) is 0 Å². The molecule has 0 fully saturated rings. The largest absolute Gasteiger partial charge is 0.497 e. The average Bonchev–Trinajstić information content (AvgIpc) is 2.57. The van der Waals surface area contributed by atoms with Gasteiger partial charge in [-0.2, -0.15) is 0 Å². The van der Waals surface area contributed by atoms with E-state index in [0.29, 0.717) is 23.9 Å². The summed E-state index contributed by atoms with van der Waals surface area (Å²) in [5.41, 5.74) is 1.85. The summed E-state index contributed by atoms with van der Waals surface area (Å²) in [4.78, 5) is 11.4. The van der Waals surface area contributed by atoms with Crippen LogP contribution < -0.4 is 14.2 Å². The van der Waals surface area contributed by atoms with Crippen LogP contribution in [-0.2, 0) is 9.53 Å². The molecule has 0 radical (unpaired) electrons. The number of carbonyl (C=O) groups excluding carboxylic acids is 1. The molecule has 0 amide bonds. The third kappa shape index (κ3) is 5.06. The van der Waals surface area contributed by atoms with E-state index < -0.39 is 0 Å². The lowest BCUT2D eigenvalue weighted by Gasteiger charge is -2.16. The van der Waals surface area contributed by atoms with Gasteiger partial charge in [0.1, 0.15) is 5.75 Å². The van der Waals surface area contributed by atoms with E-state index in [-0.39, 0.29) is 5.97 Å². The Hall–Kier alpha value is -2.43. The van der Waals surface area contributed by atoms with Crippen molar-refractivity contribution < 1.29 is 23.7 Å². The second-order valence-electron chi connectivity index (χ2n) is 4.57. The zero-order chi connectivity index (χ0) is 17.2. The first-order valence-electron chi connectivity index (χ1n) is 7.45. The Morgan fingerprint density at radius 1 is 1.09 bits per heavy atom. The normalized spacial score (nSPS) is 11.4. The molecule has 126 valence electrons. The number of carbonyl (C=O) groups is 1. The van der Waals surface area contributed by atoms with Gasteiger partial charge in [0.2, 0.25) is 0 Å². The zero-order valence-corrected chi connectivity index (χ0v) is 14.3. The highest BCUT2D eigenvalue weighted by Gasteiger charge is 2.15. The molecule has 1 aromatic carbocycles. The van der Waals surface area contributed by atoms with Crippen molar-refractivity contribution in [2.24, 2.45) is 0 Å². The van der Waals surface area contributed by atoms with Crippen LogP contribution in [0.15, 0.2) is 30.4 Å². The third-order valence-corrected chi connectivity index (χ3v) is 3.23. The smallest absolute Gasteiger partial charge is 0.330 e. The maximum Gasteiger partial charge on any atom is 0.330 e. The summed E-state index contributed by atoms with van der Waals surface area (Å²) in [7, 11) is 4.77. The predicted molar refractivity (Wildman–Crippen MR) is 90.1 cm³/mol. The molecule has 0 spiro atoms. The molecule has 0 atom stereocenters. The number of allylic oxidation sites excluding steroid dienone is 3. The van der Waals surface area contributed by atoms with Crippen molar-refractivity contribution in [3.8, 4) is 17.2 Å². The van der Waals surface area contributed by atoms with E-state index in [0.717, 1.165) is 17.6 Å². The Bertz CT molecular complexity index is 587. The van der Waals surface area contributed by atoms with E-state index >= 15 is 0 Å². The number of hydrogen-bond donors (Lipinski definition) is 0. The number of esters is 1. The molecule has 0 aliphatic heterocycles. The lowest BCUT2D eigenvalue weighted by molar-refractivity contribution is -0.137. The molecule has 0 aromatic heterocycles. The predicted octanol–water partition coefficient (Wildman–Crippen LogP) is 3.63. The van der Waals surface area contributed by atoms with E-state index in [1.165, 1.54) is 6.08 Å². The number of rotatable bonds is 8. The highest BCUT2D eigenvalue weighted by atomic mass is 16.5. The van der Waals surface area contributed by atoms with Gasteiger partial charge in [-0.3, -0.25) is 0 Å². The fourth-order valence-corrected chi connectivity index (χ4v) is 2.13. The Morgan fingerprint density at radius 2 is 1.83 bits per heavy atom. The summed E-state index contributed by atoms with van der Waals surface area (Å²) in [5.74, 6) is 1.53. The summed E-state index contributed by atoms with van der Waals surface area (Å²) in [6, 6.07) is 3.65. The van der Waals surface area contributed by atoms with Crippen molar-refractivity contribution in [1.29, 1.82) is 0 Å². The Morgan fingerprint density at radius 3 is 2.35 bits per heavy atom. The van der Waals surface area contributed by atoms with Crippen molar-refractivity contribution in [3.05, 3.63) is 35.9 Å². The van der Waals surface area contributed by atoms with Gasteiger partial charge in [0, 0.05) is 17.7 Å². The van der Waals surface area contributed by atoms with Crippen LogP contribution in [0.1, 0.15) is 25.8 Å². The monoisotopic (exact) mass is 320 g/mol. The molecule has 5 nitrogen and oxygen atoms in total.